The molecule has 0 fully saturated rings. The van der Waals surface area contributed by atoms with E-state index in [4.69, 9.17) is 11.6 Å². The van der Waals surface area contributed by atoms with Crippen LogP contribution in [0.4, 0.5) is 5.82 Å². The normalized spacial score (nSPS) is 12.2. The third-order valence-corrected chi connectivity index (χ3v) is 3.48. The number of hydrogen-bond acceptors (Lipinski definition) is 3. The number of nitrogens with zero attached hydrogens (tertiary/aromatic N) is 2. The van der Waals surface area contributed by atoms with Gasteiger partial charge >= 0.3 is 0 Å². The molecule has 1 atom stereocenters. The number of nitrogens with one attached hydrogen (secondary N) is 1. The Labute approximate surface area is 112 Å². The molecule has 4 heteroatoms. The van der Waals surface area contributed by atoms with Gasteiger partial charge in [-0.3, -0.25) is 0 Å². The van der Waals surface area contributed by atoms with Crippen LogP contribution in [0.15, 0.2) is 30.3 Å². The molecule has 0 amide bonds. The van der Waals surface area contributed by atoms with Crippen molar-refractivity contribution in [3.8, 4) is 0 Å². The Balaban J connectivity index is 2.22. The summed E-state index contributed by atoms with van der Waals surface area (Å²) in [6, 6.07) is 10.4. The monoisotopic (exact) mass is 261 g/mol. The van der Waals surface area contributed by atoms with Crippen LogP contribution >= 0.6 is 11.6 Å². The Morgan fingerprint density at radius 3 is 2.39 bits per heavy atom. The van der Waals surface area contributed by atoms with Gasteiger partial charge in [0.25, 0.3) is 0 Å². The largest absolute Gasteiger partial charge is 0.362 e. The van der Waals surface area contributed by atoms with Crippen molar-refractivity contribution in [2.24, 2.45) is 0 Å². The molecule has 1 heterocycles. The number of rotatable bonds is 3. The molecule has 0 spiro atoms. The molecule has 0 aliphatic carbocycles. The lowest BCUT2D eigenvalue weighted by Gasteiger charge is -2.17. The standard InChI is InChI=1S/C14H16ClN3/c1-9-10(2)14(18-17-13(9)15)16-11(3)12-7-5-4-6-8-12/h4-8,11H,1-3H3,(H,16,18). The van der Waals surface area contributed by atoms with Crippen molar-refractivity contribution in [1.82, 2.24) is 10.2 Å². The van der Waals surface area contributed by atoms with Gasteiger partial charge < -0.3 is 5.32 Å². The molecular weight excluding hydrogens is 246 g/mol. The first-order valence-electron chi connectivity index (χ1n) is 5.90. The smallest absolute Gasteiger partial charge is 0.155 e. The second-order valence-corrected chi connectivity index (χ2v) is 4.72. The highest BCUT2D eigenvalue weighted by molar-refractivity contribution is 6.30. The van der Waals surface area contributed by atoms with Crippen LogP contribution in [-0.2, 0) is 0 Å². The van der Waals surface area contributed by atoms with Crippen molar-refractivity contribution in [1.29, 1.82) is 0 Å². The van der Waals surface area contributed by atoms with Gasteiger partial charge in [0, 0.05) is 0 Å². The van der Waals surface area contributed by atoms with E-state index in [2.05, 4.69) is 34.6 Å². The van der Waals surface area contributed by atoms with Crippen molar-refractivity contribution < 1.29 is 0 Å². The average molecular weight is 262 g/mol. The summed E-state index contributed by atoms with van der Waals surface area (Å²) in [7, 11) is 0. The van der Waals surface area contributed by atoms with Crippen LogP contribution in [0.25, 0.3) is 0 Å². The molecule has 18 heavy (non-hydrogen) atoms. The molecular formula is C14H16ClN3. The number of benzene rings is 1. The first kappa shape index (κ1) is 12.8. The third kappa shape index (κ3) is 2.62. The fourth-order valence-corrected chi connectivity index (χ4v) is 1.92. The van der Waals surface area contributed by atoms with Crippen LogP contribution in [0.2, 0.25) is 5.15 Å². The summed E-state index contributed by atoms with van der Waals surface area (Å²) in [6.07, 6.45) is 0. The zero-order valence-corrected chi connectivity index (χ0v) is 11.5. The van der Waals surface area contributed by atoms with Gasteiger partial charge in [-0.05, 0) is 37.5 Å². The van der Waals surface area contributed by atoms with Gasteiger partial charge in [-0.2, -0.15) is 0 Å². The summed E-state index contributed by atoms with van der Waals surface area (Å²) >= 11 is 5.94. The van der Waals surface area contributed by atoms with Crippen LogP contribution in [0.3, 0.4) is 0 Å². The summed E-state index contributed by atoms with van der Waals surface area (Å²) in [5.41, 5.74) is 3.22. The van der Waals surface area contributed by atoms with Crippen molar-refractivity contribution in [2.45, 2.75) is 26.8 Å². The predicted molar refractivity (Wildman–Crippen MR) is 75.0 cm³/mol. The van der Waals surface area contributed by atoms with Gasteiger partial charge in [0.2, 0.25) is 0 Å². The predicted octanol–water partition coefficient (Wildman–Crippen LogP) is 3.92. The second kappa shape index (κ2) is 5.36. The fourth-order valence-electron chi connectivity index (χ4n) is 1.74. The van der Waals surface area contributed by atoms with Gasteiger partial charge in [-0.1, -0.05) is 41.9 Å². The Morgan fingerprint density at radius 2 is 1.72 bits per heavy atom. The quantitative estimate of drug-likeness (QED) is 0.910. The first-order valence-corrected chi connectivity index (χ1v) is 6.28. The van der Waals surface area contributed by atoms with Gasteiger partial charge in [-0.15, -0.1) is 10.2 Å². The molecule has 2 aromatic rings. The van der Waals surface area contributed by atoms with Crippen molar-refractivity contribution >= 4 is 17.4 Å². The van der Waals surface area contributed by atoms with E-state index in [9.17, 15) is 0 Å². The Hall–Kier alpha value is -1.61. The lowest BCUT2D eigenvalue weighted by molar-refractivity contribution is 0.853. The molecule has 94 valence electrons. The topological polar surface area (TPSA) is 37.8 Å². The molecule has 1 unspecified atom stereocenters. The van der Waals surface area contributed by atoms with Crippen LogP contribution in [0.5, 0.6) is 0 Å². The number of anilines is 1. The zero-order chi connectivity index (χ0) is 13.1. The molecule has 2 rings (SSSR count). The van der Waals surface area contributed by atoms with Crippen LogP contribution < -0.4 is 5.32 Å². The SMILES string of the molecule is Cc1c(Cl)nnc(NC(C)c2ccccc2)c1C. The maximum absolute atomic E-state index is 5.94. The summed E-state index contributed by atoms with van der Waals surface area (Å²) in [6.45, 7) is 6.04. The molecule has 1 aromatic carbocycles. The van der Waals surface area contributed by atoms with E-state index in [0.29, 0.717) is 5.15 Å². The molecule has 0 radical (unpaired) electrons. The summed E-state index contributed by atoms with van der Waals surface area (Å²) in [5, 5.41) is 11.9. The second-order valence-electron chi connectivity index (χ2n) is 4.37. The van der Waals surface area contributed by atoms with Crippen molar-refractivity contribution in [3.05, 3.63) is 52.2 Å². The third-order valence-electron chi connectivity index (χ3n) is 3.12. The van der Waals surface area contributed by atoms with E-state index in [1.807, 2.05) is 32.0 Å². The highest BCUT2D eigenvalue weighted by Gasteiger charge is 2.11. The molecule has 3 nitrogen and oxygen atoms in total. The Bertz CT molecular complexity index is 540. The van der Waals surface area contributed by atoms with Gasteiger partial charge in [0.15, 0.2) is 11.0 Å². The molecule has 0 aliphatic heterocycles. The first-order chi connectivity index (χ1) is 8.59. The maximum atomic E-state index is 5.94. The van der Waals surface area contributed by atoms with E-state index in [-0.39, 0.29) is 6.04 Å². The van der Waals surface area contributed by atoms with E-state index in [1.54, 1.807) is 0 Å². The van der Waals surface area contributed by atoms with Crippen LogP contribution in [0, 0.1) is 13.8 Å². The molecule has 0 saturated carbocycles. The number of aromatic nitrogens is 2. The lowest BCUT2D eigenvalue weighted by Crippen LogP contribution is -2.10. The number of halogens is 1. The van der Waals surface area contributed by atoms with E-state index in [1.165, 1.54) is 5.56 Å². The Kier molecular flexibility index (Phi) is 3.82. The zero-order valence-electron chi connectivity index (χ0n) is 10.7. The molecule has 1 aromatic heterocycles. The summed E-state index contributed by atoms with van der Waals surface area (Å²) in [5.74, 6) is 0.785. The minimum atomic E-state index is 0.180. The van der Waals surface area contributed by atoms with Gasteiger partial charge in [0.1, 0.15) is 0 Å². The minimum Gasteiger partial charge on any atom is -0.362 e. The summed E-state index contributed by atoms with van der Waals surface area (Å²) < 4.78 is 0. The fraction of sp³-hybridized carbons (Fsp3) is 0.286. The van der Waals surface area contributed by atoms with E-state index in [0.717, 1.165) is 16.9 Å². The molecule has 1 N–H and O–H groups in total. The highest BCUT2D eigenvalue weighted by Crippen LogP contribution is 2.24. The molecule has 0 bridgehead atoms. The Morgan fingerprint density at radius 1 is 1.06 bits per heavy atom. The van der Waals surface area contributed by atoms with E-state index < -0.39 is 0 Å². The highest BCUT2D eigenvalue weighted by atomic mass is 35.5. The van der Waals surface area contributed by atoms with Crippen LogP contribution in [-0.4, -0.2) is 10.2 Å². The maximum Gasteiger partial charge on any atom is 0.155 e. The van der Waals surface area contributed by atoms with Crippen molar-refractivity contribution in [2.75, 3.05) is 5.32 Å². The van der Waals surface area contributed by atoms with Crippen molar-refractivity contribution in [3.63, 3.8) is 0 Å². The minimum absolute atomic E-state index is 0.180. The van der Waals surface area contributed by atoms with Gasteiger partial charge in [-0.25, -0.2) is 0 Å². The lowest BCUT2D eigenvalue weighted by atomic mass is 10.1. The van der Waals surface area contributed by atoms with Gasteiger partial charge in [0.05, 0.1) is 6.04 Å². The number of hydrogen-bond donors (Lipinski definition) is 1. The van der Waals surface area contributed by atoms with E-state index >= 15 is 0 Å². The summed E-state index contributed by atoms with van der Waals surface area (Å²) in [4.78, 5) is 0. The molecule has 0 saturated heterocycles. The average Bonchev–Trinajstić information content (AvgIpc) is 2.40. The van der Waals surface area contributed by atoms with Crippen LogP contribution in [0.1, 0.15) is 29.7 Å². The molecule has 0 aliphatic rings.